The van der Waals surface area contributed by atoms with Crippen LogP contribution in [-0.2, 0) is 19.6 Å². The molecule has 0 spiro atoms. The van der Waals surface area contributed by atoms with Crippen molar-refractivity contribution in [2.45, 2.75) is 30.7 Å². The molecule has 0 aliphatic carbocycles. The van der Waals surface area contributed by atoms with Gasteiger partial charge in [0.05, 0.1) is 11.5 Å². The van der Waals surface area contributed by atoms with Crippen LogP contribution in [0.5, 0.6) is 0 Å². The lowest BCUT2D eigenvalue weighted by Crippen LogP contribution is -2.46. The van der Waals surface area contributed by atoms with Gasteiger partial charge in [-0.25, -0.2) is 8.42 Å². The minimum absolute atomic E-state index is 0.180. The Morgan fingerprint density at radius 1 is 1.16 bits per heavy atom. The number of hydrogen-bond acceptors (Lipinski definition) is 5. The van der Waals surface area contributed by atoms with E-state index in [1.54, 1.807) is 50.4 Å². The Bertz CT molecular complexity index is 1050. The number of amides is 2. The number of sulfonamides is 1. The monoisotopic (exact) mass is 445 g/mol. The maximum absolute atomic E-state index is 13.1. The Balaban J connectivity index is 1.75. The SMILES string of the molecule is COCCNC(=O)C1CCCN1C(=O)c1cccc(NS(=O)(=O)c2ccccc2C)c1. The Morgan fingerprint density at radius 2 is 1.94 bits per heavy atom. The molecular formula is C22H27N3O5S. The maximum Gasteiger partial charge on any atom is 0.262 e. The van der Waals surface area contributed by atoms with Crippen LogP contribution in [-0.4, -0.2) is 58.0 Å². The molecule has 1 aliphatic rings. The molecule has 9 heteroatoms. The predicted molar refractivity (Wildman–Crippen MR) is 117 cm³/mol. The number of likely N-dealkylation sites (tertiary alicyclic amines) is 1. The summed E-state index contributed by atoms with van der Waals surface area (Å²) in [5, 5.41) is 2.78. The number of nitrogens with zero attached hydrogens (tertiary/aromatic N) is 1. The molecular weight excluding hydrogens is 418 g/mol. The summed E-state index contributed by atoms with van der Waals surface area (Å²) < 4.78 is 33.0. The molecule has 31 heavy (non-hydrogen) atoms. The fourth-order valence-electron chi connectivity index (χ4n) is 3.63. The Morgan fingerprint density at radius 3 is 2.68 bits per heavy atom. The summed E-state index contributed by atoms with van der Waals surface area (Å²) in [5.74, 6) is -0.513. The number of carbonyl (C=O) groups excluding carboxylic acids is 2. The van der Waals surface area contributed by atoms with Crippen molar-refractivity contribution in [1.29, 1.82) is 0 Å². The zero-order valence-corrected chi connectivity index (χ0v) is 18.4. The van der Waals surface area contributed by atoms with E-state index in [-0.39, 0.29) is 22.4 Å². The van der Waals surface area contributed by atoms with E-state index in [4.69, 9.17) is 4.74 Å². The van der Waals surface area contributed by atoms with E-state index >= 15 is 0 Å². The normalized spacial score (nSPS) is 16.2. The van der Waals surface area contributed by atoms with Gasteiger partial charge in [0, 0.05) is 31.5 Å². The first-order valence-electron chi connectivity index (χ1n) is 10.1. The Hall–Kier alpha value is -2.91. The highest BCUT2D eigenvalue weighted by molar-refractivity contribution is 7.92. The van der Waals surface area contributed by atoms with Gasteiger partial charge in [-0.3, -0.25) is 14.3 Å². The first kappa shape index (κ1) is 22.8. The highest BCUT2D eigenvalue weighted by Crippen LogP contribution is 2.23. The number of benzene rings is 2. The molecule has 1 saturated heterocycles. The molecule has 1 fully saturated rings. The molecule has 1 aliphatic heterocycles. The fraction of sp³-hybridized carbons (Fsp3) is 0.364. The smallest absolute Gasteiger partial charge is 0.262 e. The summed E-state index contributed by atoms with van der Waals surface area (Å²) in [6, 6.07) is 12.5. The third-order valence-electron chi connectivity index (χ3n) is 5.17. The summed E-state index contributed by atoms with van der Waals surface area (Å²) in [6.07, 6.45) is 1.32. The second-order valence-electron chi connectivity index (χ2n) is 7.39. The van der Waals surface area contributed by atoms with Crippen LogP contribution in [0, 0.1) is 6.92 Å². The average molecular weight is 446 g/mol. The number of methoxy groups -OCH3 is 1. The molecule has 2 aromatic rings. The number of ether oxygens (including phenoxy) is 1. The maximum atomic E-state index is 13.1. The molecule has 0 aromatic heterocycles. The first-order chi connectivity index (χ1) is 14.8. The van der Waals surface area contributed by atoms with Crippen molar-refractivity contribution in [1.82, 2.24) is 10.2 Å². The minimum atomic E-state index is -3.79. The van der Waals surface area contributed by atoms with Crippen molar-refractivity contribution in [3.05, 3.63) is 59.7 Å². The van der Waals surface area contributed by atoms with Crippen LogP contribution in [0.2, 0.25) is 0 Å². The van der Waals surface area contributed by atoms with Gasteiger partial charge in [0.1, 0.15) is 6.04 Å². The summed E-state index contributed by atoms with van der Waals surface area (Å²) >= 11 is 0. The Kier molecular flexibility index (Phi) is 7.29. The third kappa shape index (κ3) is 5.42. The van der Waals surface area contributed by atoms with Crippen molar-refractivity contribution in [2.75, 3.05) is 31.5 Å². The van der Waals surface area contributed by atoms with Gasteiger partial charge in [0.2, 0.25) is 5.91 Å². The number of nitrogens with one attached hydrogen (secondary N) is 2. The van der Waals surface area contributed by atoms with Crippen molar-refractivity contribution < 1.29 is 22.7 Å². The summed E-state index contributed by atoms with van der Waals surface area (Å²) in [6.45, 7) is 2.97. The molecule has 1 unspecified atom stereocenters. The van der Waals surface area contributed by atoms with Crippen LogP contribution in [0.4, 0.5) is 5.69 Å². The lowest BCUT2D eigenvalue weighted by Gasteiger charge is -2.24. The fourth-order valence-corrected chi connectivity index (χ4v) is 4.92. The van der Waals surface area contributed by atoms with E-state index in [0.717, 1.165) is 6.42 Å². The van der Waals surface area contributed by atoms with Crippen molar-refractivity contribution in [2.24, 2.45) is 0 Å². The van der Waals surface area contributed by atoms with E-state index in [2.05, 4.69) is 10.0 Å². The van der Waals surface area contributed by atoms with E-state index in [1.807, 2.05) is 0 Å². The predicted octanol–water partition coefficient (Wildman–Crippen LogP) is 2.16. The molecule has 2 amide bonds. The van der Waals surface area contributed by atoms with Crippen LogP contribution in [0.15, 0.2) is 53.4 Å². The topological polar surface area (TPSA) is 105 Å². The molecule has 0 saturated carbocycles. The van der Waals surface area contributed by atoms with Gasteiger partial charge in [-0.15, -0.1) is 0 Å². The van der Waals surface area contributed by atoms with Gasteiger partial charge in [-0.05, 0) is 49.6 Å². The highest BCUT2D eigenvalue weighted by Gasteiger charge is 2.34. The number of anilines is 1. The molecule has 3 rings (SSSR count). The van der Waals surface area contributed by atoms with Gasteiger partial charge in [0.15, 0.2) is 0 Å². The van der Waals surface area contributed by atoms with Crippen LogP contribution >= 0.6 is 0 Å². The molecule has 0 radical (unpaired) electrons. The molecule has 2 aromatic carbocycles. The number of hydrogen-bond donors (Lipinski definition) is 2. The van der Waals surface area contributed by atoms with Crippen molar-refractivity contribution >= 4 is 27.5 Å². The number of aryl methyl sites for hydroxylation is 1. The average Bonchev–Trinajstić information content (AvgIpc) is 3.23. The highest BCUT2D eigenvalue weighted by atomic mass is 32.2. The second-order valence-corrected chi connectivity index (χ2v) is 9.04. The van der Waals surface area contributed by atoms with E-state index < -0.39 is 16.1 Å². The van der Waals surface area contributed by atoms with Crippen LogP contribution in [0.25, 0.3) is 0 Å². The molecule has 2 N–H and O–H groups in total. The van der Waals surface area contributed by atoms with E-state index in [0.29, 0.717) is 37.2 Å². The summed E-state index contributed by atoms with van der Waals surface area (Å²) in [5.41, 5.74) is 1.23. The van der Waals surface area contributed by atoms with Gasteiger partial charge in [-0.2, -0.15) is 0 Å². The summed E-state index contributed by atoms with van der Waals surface area (Å²) in [4.78, 5) is 27.3. The van der Waals surface area contributed by atoms with Crippen LogP contribution in [0.3, 0.4) is 0 Å². The third-order valence-corrected chi connectivity index (χ3v) is 6.71. The van der Waals surface area contributed by atoms with E-state index in [9.17, 15) is 18.0 Å². The Labute approximate surface area is 182 Å². The quantitative estimate of drug-likeness (QED) is 0.606. The summed E-state index contributed by atoms with van der Waals surface area (Å²) in [7, 11) is -2.24. The molecule has 166 valence electrons. The molecule has 0 bridgehead atoms. The molecule has 8 nitrogen and oxygen atoms in total. The van der Waals surface area contributed by atoms with Crippen molar-refractivity contribution in [3.8, 4) is 0 Å². The lowest BCUT2D eigenvalue weighted by atomic mass is 10.1. The van der Waals surface area contributed by atoms with Gasteiger partial charge in [0.25, 0.3) is 15.9 Å². The zero-order valence-electron chi connectivity index (χ0n) is 17.6. The second kappa shape index (κ2) is 9.93. The zero-order chi connectivity index (χ0) is 22.4. The molecule has 1 heterocycles. The van der Waals surface area contributed by atoms with Gasteiger partial charge in [-0.1, -0.05) is 24.3 Å². The van der Waals surface area contributed by atoms with Crippen molar-refractivity contribution in [3.63, 3.8) is 0 Å². The van der Waals surface area contributed by atoms with Gasteiger partial charge >= 0.3 is 0 Å². The number of rotatable bonds is 8. The largest absolute Gasteiger partial charge is 0.383 e. The van der Waals surface area contributed by atoms with Crippen LogP contribution < -0.4 is 10.0 Å². The van der Waals surface area contributed by atoms with Gasteiger partial charge < -0.3 is 15.0 Å². The van der Waals surface area contributed by atoms with E-state index in [1.165, 1.54) is 17.0 Å². The first-order valence-corrected chi connectivity index (χ1v) is 11.6. The minimum Gasteiger partial charge on any atom is -0.383 e. The lowest BCUT2D eigenvalue weighted by molar-refractivity contribution is -0.125. The number of carbonyl (C=O) groups is 2. The standard InChI is InChI=1S/C22H27N3O5S/c1-16-7-3-4-11-20(16)31(28,29)24-18-9-5-8-17(15-18)22(27)25-13-6-10-19(25)21(26)23-12-14-30-2/h3-5,7-9,11,15,19,24H,6,10,12-14H2,1-2H3,(H,23,26). The van der Waals surface area contributed by atoms with Crippen LogP contribution in [0.1, 0.15) is 28.8 Å². The molecule has 1 atom stereocenters.